The Balaban J connectivity index is 2.62. The molecule has 0 spiro atoms. The minimum absolute atomic E-state index is 0.162. The zero-order valence-electron chi connectivity index (χ0n) is 8.29. The van der Waals surface area contributed by atoms with Crippen molar-refractivity contribution in [3.63, 3.8) is 0 Å². The van der Waals surface area contributed by atoms with E-state index in [0.29, 0.717) is 29.4 Å². The van der Waals surface area contributed by atoms with Gasteiger partial charge in [0.1, 0.15) is 0 Å². The van der Waals surface area contributed by atoms with Crippen molar-refractivity contribution in [3.8, 4) is 0 Å². The molecule has 0 aliphatic carbocycles. The first-order chi connectivity index (χ1) is 7.15. The second-order valence-corrected chi connectivity index (χ2v) is 3.54. The Bertz CT molecular complexity index is 355. The zero-order chi connectivity index (χ0) is 11.3. The fourth-order valence-electron chi connectivity index (χ4n) is 1.07. The lowest BCUT2D eigenvalue weighted by molar-refractivity contribution is 0.0953. The maximum absolute atomic E-state index is 11.5. The maximum Gasteiger partial charge on any atom is 0.251 e. The van der Waals surface area contributed by atoms with E-state index in [-0.39, 0.29) is 5.91 Å². The van der Waals surface area contributed by atoms with Crippen LogP contribution in [0.25, 0.3) is 0 Å². The molecule has 82 valence electrons. The van der Waals surface area contributed by atoms with Crippen molar-refractivity contribution in [2.24, 2.45) is 5.73 Å². The number of rotatable bonds is 4. The van der Waals surface area contributed by atoms with Gasteiger partial charge in [0.15, 0.2) is 0 Å². The van der Waals surface area contributed by atoms with Crippen LogP contribution < -0.4 is 16.8 Å². The number of nitrogens with two attached hydrogens (primary N) is 2. The maximum atomic E-state index is 11.5. The van der Waals surface area contributed by atoms with Crippen molar-refractivity contribution in [2.45, 2.75) is 6.42 Å². The number of benzene rings is 1. The Hall–Kier alpha value is -1.26. The van der Waals surface area contributed by atoms with Gasteiger partial charge >= 0.3 is 0 Å². The highest BCUT2D eigenvalue weighted by atomic mass is 35.5. The number of nitrogens with one attached hydrogen (secondary N) is 1. The van der Waals surface area contributed by atoms with Gasteiger partial charge in [-0.2, -0.15) is 0 Å². The second-order valence-electron chi connectivity index (χ2n) is 3.13. The zero-order valence-corrected chi connectivity index (χ0v) is 9.05. The van der Waals surface area contributed by atoms with E-state index < -0.39 is 0 Å². The topological polar surface area (TPSA) is 81.1 Å². The first-order valence-corrected chi connectivity index (χ1v) is 5.06. The third kappa shape index (κ3) is 3.42. The number of hydrogen-bond donors (Lipinski definition) is 3. The van der Waals surface area contributed by atoms with Gasteiger partial charge in [0.05, 0.1) is 10.7 Å². The molecule has 1 rings (SSSR count). The summed E-state index contributed by atoms with van der Waals surface area (Å²) in [5, 5.41) is 3.12. The van der Waals surface area contributed by atoms with Crippen molar-refractivity contribution >= 4 is 23.2 Å². The third-order valence-electron chi connectivity index (χ3n) is 1.93. The lowest BCUT2D eigenvalue weighted by atomic mass is 10.2. The van der Waals surface area contributed by atoms with Crippen molar-refractivity contribution < 1.29 is 4.79 Å². The van der Waals surface area contributed by atoms with Crippen LogP contribution in [0.2, 0.25) is 5.02 Å². The van der Waals surface area contributed by atoms with Crippen LogP contribution in [0.1, 0.15) is 16.8 Å². The monoisotopic (exact) mass is 227 g/mol. The van der Waals surface area contributed by atoms with E-state index in [0.717, 1.165) is 6.42 Å². The van der Waals surface area contributed by atoms with E-state index in [1.165, 1.54) is 0 Å². The van der Waals surface area contributed by atoms with Gasteiger partial charge < -0.3 is 16.8 Å². The molecule has 1 aromatic rings. The number of carbonyl (C=O) groups is 1. The molecule has 0 saturated carbocycles. The van der Waals surface area contributed by atoms with E-state index in [1.54, 1.807) is 18.2 Å². The van der Waals surface area contributed by atoms with E-state index in [1.807, 2.05) is 0 Å². The van der Waals surface area contributed by atoms with E-state index in [4.69, 9.17) is 23.1 Å². The SMILES string of the molecule is NCCCNC(=O)c1ccc(N)c(Cl)c1. The molecule has 0 unspecified atom stereocenters. The highest BCUT2D eigenvalue weighted by molar-refractivity contribution is 6.33. The van der Waals surface area contributed by atoms with E-state index in [9.17, 15) is 4.79 Å². The van der Waals surface area contributed by atoms with Crippen LogP contribution in [0.5, 0.6) is 0 Å². The van der Waals surface area contributed by atoms with Crippen LogP contribution in [-0.2, 0) is 0 Å². The van der Waals surface area contributed by atoms with Crippen molar-refractivity contribution in [3.05, 3.63) is 28.8 Å². The van der Waals surface area contributed by atoms with Crippen molar-refractivity contribution in [1.82, 2.24) is 5.32 Å². The van der Waals surface area contributed by atoms with Crippen LogP contribution in [0, 0.1) is 0 Å². The molecule has 4 nitrogen and oxygen atoms in total. The number of amides is 1. The van der Waals surface area contributed by atoms with Gasteiger partial charge in [0, 0.05) is 12.1 Å². The largest absolute Gasteiger partial charge is 0.398 e. The Kier molecular flexibility index (Phi) is 4.39. The van der Waals surface area contributed by atoms with Gasteiger partial charge in [-0.25, -0.2) is 0 Å². The van der Waals surface area contributed by atoms with Crippen LogP contribution in [0.15, 0.2) is 18.2 Å². The average Bonchev–Trinajstić information content (AvgIpc) is 2.22. The number of halogens is 1. The van der Waals surface area contributed by atoms with Gasteiger partial charge in [0.2, 0.25) is 0 Å². The molecular formula is C10H14ClN3O. The fraction of sp³-hybridized carbons (Fsp3) is 0.300. The van der Waals surface area contributed by atoms with Gasteiger partial charge in [0.25, 0.3) is 5.91 Å². The normalized spacial score (nSPS) is 10.0. The number of anilines is 1. The Labute approximate surface area is 93.6 Å². The Morgan fingerprint density at radius 2 is 2.20 bits per heavy atom. The highest BCUT2D eigenvalue weighted by Crippen LogP contribution is 2.19. The Morgan fingerprint density at radius 3 is 2.80 bits per heavy atom. The average molecular weight is 228 g/mol. The first-order valence-electron chi connectivity index (χ1n) is 4.68. The molecule has 1 amide bonds. The molecule has 0 atom stereocenters. The molecule has 0 aliphatic rings. The summed E-state index contributed by atoms with van der Waals surface area (Å²) in [6.07, 6.45) is 0.758. The summed E-state index contributed by atoms with van der Waals surface area (Å²) in [7, 11) is 0. The van der Waals surface area contributed by atoms with E-state index >= 15 is 0 Å². The summed E-state index contributed by atoms with van der Waals surface area (Å²) in [5.41, 5.74) is 11.8. The molecule has 0 saturated heterocycles. The summed E-state index contributed by atoms with van der Waals surface area (Å²) in [6.45, 7) is 1.13. The molecule has 0 aromatic heterocycles. The molecule has 5 N–H and O–H groups in total. The van der Waals surface area contributed by atoms with Crippen LogP contribution >= 0.6 is 11.6 Å². The van der Waals surface area contributed by atoms with E-state index in [2.05, 4.69) is 5.32 Å². The first kappa shape index (κ1) is 11.8. The highest BCUT2D eigenvalue weighted by Gasteiger charge is 2.06. The van der Waals surface area contributed by atoms with Crippen molar-refractivity contribution in [2.75, 3.05) is 18.8 Å². The Morgan fingerprint density at radius 1 is 1.47 bits per heavy atom. The van der Waals surface area contributed by atoms with Crippen molar-refractivity contribution in [1.29, 1.82) is 0 Å². The second kappa shape index (κ2) is 5.58. The molecule has 0 fully saturated rings. The molecule has 0 heterocycles. The standard InChI is InChI=1S/C10H14ClN3O/c11-8-6-7(2-3-9(8)13)10(15)14-5-1-4-12/h2-3,6H,1,4-5,12-13H2,(H,14,15). The smallest absolute Gasteiger partial charge is 0.251 e. The molecule has 5 heteroatoms. The summed E-state index contributed by atoms with van der Waals surface area (Å²) in [4.78, 5) is 11.5. The molecule has 0 radical (unpaired) electrons. The quantitative estimate of drug-likeness (QED) is 0.530. The van der Waals surface area contributed by atoms with Gasteiger partial charge in [-0.15, -0.1) is 0 Å². The predicted octanol–water partition coefficient (Wildman–Crippen LogP) is 1.00. The lowest BCUT2D eigenvalue weighted by Gasteiger charge is -2.05. The minimum atomic E-state index is -0.162. The summed E-state index contributed by atoms with van der Waals surface area (Å²) in [5.74, 6) is -0.162. The summed E-state index contributed by atoms with van der Waals surface area (Å²) >= 11 is 5.79. The predicted molar refractivity (Wildman–Crippen MR) is 61.9 cm³/mol. The summed E-state index contributed by atoms with van der Waals surface area (Å²) in [6, 6.07) is 4.80. The molecule has 0 bridgehead atoms. The van der Waals surface area contributed by atoms with Crippen LogP contribution in [-0.4, -0.2) is 19.0 Å². The summed E-state index contributed by atoms with van der Waals surface area (Å²) < 4.78 is 0. The molecule has 1 aromatic carbocycles. The minimum Gasteiger partial charge on any atom is -0.398 e. The van der Waals surface area contributed by atoms with Crippen LogP contribution in [0.3, 0.4) is 0 Å². The van der Waals surface area contributed by atoms with Crippen LogP contribution in [0.4, 0.5) is 5.69 Å². The number of nitrogen functional groups attached to an aromatic ring is 1. The molecule has 0 aliphatic heterocycles. The lowest BCUT2D eigenvalue weighted by Crippen LogP contribution is -2.25. The fourth-order valence-corrected chi connectivity index (χ4v) is 1.25. The van der Waals surface area contributed by atoms with Gasteiger partial charge in [-0.3, -0.25) is 4.79 Å². The van der Waals surface area contributed by atoms with Gasteiger partial charge in [-0.1, -0.05) is 11.6 Å². The van der Waals surface area contributed by atoms with Gasteiger partial charge in [-0.05, 0) is 31.2 Å². The third-order valence-corrected chi connectivity index (χ3v) is 2.26. The number of hydrogen-bond acceptors (Lipinski definition) is 3. The molecular weight excluding hydrogens is 214 g/mol. The number of carbonyl (C=O) groups excluding carboxylic acids is 1. The molecule has 15 heavy (non-hydrogen) atoms.